The number of rotatable bonds is 5. The van der Waals surface area contributed by atoms with Gasteiger partial charge in [0.1, 0.15) is 5.00 Å². The second-order valence-electron chi connectivity index (χ2n) is 7.74. The van der Waals surface area contributed by atoms with Crippen molar-refractivity contribution in [3.63, 3.8) is 0 Å². The van der Waals surface area contributed by atoms with Crippen LogP contribution in [0, 0.1) is 19.8 Å². The number of fused-ring (bicyclic) bond motifs is 1. The summed E-state index contributed by atoms with van der Waals surface area (Å²) >= 11 is 1.45. The Morgan fingerprint density at radius 1 is 1.07 bits per heavy atom. The van der Waals surface area contributed by atoms with Crippen molar-refractivity contribution >= 4 is 28.2 Å². The molecule has 1 aromatic heterocycles. The number of carbonyl (C=O) groups excluding carboxylic acids is 2. The summed E-state index contributed by atoms with van der Waals surface area (Å²) < 4.78 is 10.8. The zero-order chi connectivity index (χ0) is 20.4. The van der Waals surface area contributed by atoms with Gasteiger partial charge in [-0.25, -0.2) is 0 Å². The average Bonchev–Trinajstić information content (AvgIpc) is 3.32. The van der Waals surface area contributed by atoms with E-state index in [2.05, 4.69) is 10.6 Å². The monoisotopic (exact) mass is 414 g/mol. The molecule has 1 aromatic carbocycles. The average molecular weight is 415 g/mol. The fraction of sp³-hybridized carbons (Fsp3) is 0.455. The predicted molar refractivity (Wildman–Crippen MR) is 113 cm³/mol. The zero-order valence-corrected chi connectivity index (χ0v) is 17.6. The number of aryl methyl sites for hydroxylation is 2. The van der Waals surface area contributed by atoms with E-state index in [-0.39, 0.29) is 24.5 Å². The number of thiophene rings is 1. The molecular formula is C22H26N2O4S. The second-order valence-corrected chi connectivity index (χ2v) is 8.99. The first-order valence-electron chi connectivity index (χ1n) is 10.1. The molecule has 1 fully saturated rings. The van der Waals surface area contributed by atoms with Crippen LogP contribution in [0.2, 0.25) is 0 Å². The number of benzene rings is 1. The molecule has 0 spiro atoms. The summed E-state index contributed by atoms with van der Waals surface area (Å²) in [6.07, 6.45) is 5.27. The molecule has 154 valence electrons. The Morgan fingerprint density at radius 2 is 1.79 bits per heavy atom. The van der Waals surface area contributed by atoms with Crippen LogP contribution in [-0.2, 0) is 11.3 Å². The lowest BCUT2D eigenvalue weighted by molar-refractivity contribution is -0.120. The Bertz CT molecular complexity index is 931. The van der Waals surface area contributed by atoms with Crippen molar-refractivity contribution in [3.05, 3.63) is 39.8 Å². The van der Waals surface area contributed by atoms with Crippen LogP contribution in [0.1, 0.15) is 58.5 Å². The van der Waals surface area contributed by atoms with E-state index in [9.17, 15) is 9.59 Å². The standard InChI is InChI=1S/C22H26N2O4S/c1-13-8-18-19(28-12-27-18)10-16(13)11-23-21(26)17-9-14(2)29-22(17)24-20(25)15-6-4-3-5-7-15/h8-10,15H,3-7,11-12H2,1-2H3,(H,23,26)(H,24,25). The minimum absolute atomic E-state index is 0.0345. The summed E-state index contributed by atoms with van der Waals surface area (Å²) in [6.45, 7) is 4.53. The number of ether oxygens (including phenoxy) is 2. The Balaban J connectivity index is 1.43. The maximum Gasteiger partial charge on any atom is 0.254 e. The van der Waals surface area contributed by atoms with Crippen LogP contribution >= 0.6 is 11.3 Å². The van der Waals surface area contributed by atoms with Crippen LogP contribution in [-0.4, -0.2) is 18.6 Å². The third-order valence-electron chi connectivity index (χ3n) is 5.58. The van der Waals surface area contributed by atoms with Gasteiger partial charge in [-0.1, -0.05) is 19.3 Å². The summed E-state index contributed by atoms with van der Waals surface area (Å²) in [5.74, 6) is 1.33. The molecule has 4 rings (SSSR count). The number of anilines is 1. The topological polar surface area (TPSA) is 76.7 Å². The van der Waals surface area contributed by atoms with E-state index in [4.69, 9.17) is 9.47 Å². The number of carbonyl (C=O) groups is 2. The van der Waals surface area contributed by atoms with E-state index >= 15 is 0 Å². The van der Waals surface area contributed by atoms with Crippen LogP contribution < -0.4 is 20.1 Å². The number of hydrogen-bond acceptors (Lipinski definition) is 5. The van der Waals surface area contributed by atoms with Crippen molar-refractivity contribution in [1.29, 1.82) is 0 Å². The van der Waals surface area contributed by atoms with E-state index < -0.39 is 0 Å². The van der Waals surface area contributed by atoms with Crippen LogP contribution in [0.25, 0.3) is 0 Å². The van der Waals surface area contributed by atoms with Crippen LogP contribution in [0.3, 0.4) is 0 Å². The maximum atomic E-state index is 12.8. The SMILES string of the molecule is Cc1cc(C(=O)NCc2cc3c(cc2C)OCO3)c(NC(=O)C2CCCCC2)s1. The number of nitrogens with one attached hydrogen (secondary N) is 2. The fourth-order valence-electron chi connectivity index (χ4n) is 3.90. The normalized spacial score (nSPS) is 15.9. The lowest BCUT2D eigenvalue weighted by Gasteiger charge is -2.20. The van der Waals surface area contributed by atoms with Gasteiger partial charge in [0.05, 0.1) is 5.56 Å². The van der Waals surface area contributed by atoms with E-state index in [0.717, 1.165) is 47.4 Å². The highest BCUT2D eigenvalue weighted by atomic mass is 32.1. The van der Waals surface area contributed by atoms with E-state index in [1.807, 2.05) is 32.0 Å². The van der Waals surface area contributed by atoms with Crippen LogP contribution in [0.5, 0.6) is 11.5 Å². The van der Waals surface area contributed by atoms with Crippen molar-refractivity contribution in [3.8, 4) is 11.5 Å². The van der Waals surface area contributed by atoms with Crippen molar-refractivity contribution in [2.75, 3.05) is 12.1 Å². The Labute approximate surface area is 174 Å². The smallest absolute Gasteiger partial charge is 0.254 e. The molecule has 1 saturated carbocycles. The number of hydrogen-bond donors (Lipinski definition) is 2. The Morgan fingerprint density at radius 3 is 2.55 bits per heavy atom. The summed E-state index contributed by atoms with van der Waals surface area (Å²) in [6, 6.07) is 5.67. The molecule has 2 aliphatic rings. The predicted octanol–water partition coefficient (Wildman–Crippen LogP) is 4.54. The van der Waals surface area contributed by atoms with Gasteiger partial charge in [0.25, 0.3) is 5.91 Å². The zero-order valence-electron chi connectivity index (χ0n) is 16.8. The molecule has 0 radical (unpaired) electrons. The number of amides is 2. The minimum Gasteiger partial charge on any atom is -0.454 e. The first-order chi connectivity index (χ1) is 14.0. The highest BCUT2D eigenvalue weighted by molar-refractivity contribution is 7.16. The minimum atomic E-state index is -0.189. The molecule has 2 amide bonds. The van der Waals surface area contributed by atoms with Gasteiger partial charge >= 0.3 is 0 Å². The van der Waals surface area contributed by atoms with Crippen LogP contribution in [0.4, 0.5) is 5.00 Å². The van der Waals surface area contributed by atoms with Gasteiger partial charge in [-0.05, 0) is 56.0 Å². The quantitative estimate of drug-likeness (QED) is 0.753. The second kappa shape index (κ2) is 8.45. The van der Waals surface area contributed by atoms with Gasteiger partial charge < -0.3 is 20.1 Å². The first kappa shape index (κ1) is 19.8. The fourth-order valence-corrected chi connectivity index (χ4v) is 4.81. The maximum absolute atomic E-state index is 12.8. The molecule has 0 atom stereocenters. The largest absolute Gasteiger partial charge is 0.454 e. The lowest BCUT2D eigenvalue weighted by Crippen LogP contribution is -2.27. The van der Waals surface area contributed by atoms with Crippen LogP contribution in [0.15, 0.2) is 18.2 Å². The van der Waals surface area contributed by atoms with E-state index in [1.165, 1.54) is 17.8 Å². The summed E-state index contributed by atoms with van der Waals surface area (Å²) in [4.78, 5) is 26.5. The molecule has 0 unspecified atom stereocenters. The van der Waals surface area contributed by atoms with Crippen molar-refractivity contribution < 1.29 is 19.1 Å². The molecule has 1 aliphatic heterocycles. The van der Waals surface area contributed by atoms with Gasteiger partial charge in [-0.3, -0.25) is 9.59 Å². The first-order valence-corrected chi connectivity index (χ1v) is 10.9. The molecule has 6 nitrogen and oxygen atoms in total. The van der Waals surface area contributed by atoms with Gasteiger partial charge in [0.15, 0.2) is 11.5 Å². The molecule has 2 aromatic rings. The summed E-state index contributed by atoms with van der Waals surface area (Å²) in [5, 5.41) is 6.62. The molecule has 1 aliphatic carbocycles. The van der Waals surface area contributed by atoms with Gasteiger partial charge in [-0.15, -0.1) is 11.3 Å². The Kier molecular flexibility index (Phi) is 5.76. The third-order valence-corrected chi connectivity index (χ3v) is 6.55. The Hall–Kier alpha value is -2.54. The van der Waals surface area contributed by atoms with Crippen molar-refractivity contribution in [1.82, 2.24) is 5.32 Å². The summed E-state index contributed by atoms with van der Waals surface area (Å²) in [5.41, 5.74) is 2.53. The molecule has 2 N–H and O–H groups in total. The van der Waals surface area contributed by atoms with Gasteiger partial charge in [-0.2, -0.15) is 0 Å². The van der Waals surface area contributed by atoms with Gasteiger partial charge in [0.2, 0.25) is 12.7 Å². The molecule has 0 bridgehead atoms. The highest BCUT2D eigenvalue weighted by Crippen LogP contribution is 2.35. The molecule has 7 heteroatoms. The highest BCUT2D eigenvalue weighted by Gasteiger charge is 2.24. The molecule has 0 saturated heterocycles. The summed E-state index contributed by atoms with van der Waals surface area (Å²) in [7, 11) is 0. The lowest BCUT2D eigenvalue weighted by atomic mass is 9.89. The molecule has 29 heavy (non-hydrogen) atoms. The van der Waals surface area contributed by atoms with E-state index in [0.29, 0.717) is 22.9 Å². The van der Waals surface area contributed by atoms with E-state index in [1.54, 1.807) is 0 Å². The van der Waals surface area contributed by atoms with Gasteiger partial charge in [0, 0.05) is 17.3 Å². The van der Waals surface area contributed by atoms with Crippen molar-refractivity contribution in [2.24, 2.45) is 5.92 Å². The third kappa shape index (κ3) is 4.40. The van der Waals surface area contributed by atoms with Crippen molar-refractivity contribution in [2.45, 2.75) is 52.5 Å². The molecular weight excluding hydrogens is 388 g/mol. The molecule has 2 heterocycles.